The number of rotatable bonds is 20. The van der Waals surface area contributed by atoms with Gasteiger partial charge in [0.15, 0.2) is 0 Å². The van der Waals surface area contributed by atoms with Crippen LogP contribution in [0.4, 0.5) is 20.2 Å². The lowest BCUT2D eigenvalue weighted by Crippen LogP contribution is -2.61. The van der Waals surface area contributed by atoms with Crippen LogP contribution in [-0.2, 0) is 49.2 Å². The van der Waals surface area contributed by atoms with Crippen LogP contribution in [0.25, 0.3) is 0 Å². The molecule has 6 aliphatic rings. The van der Waals surface area contributed by atoms with Gasteiger partial charge >= 0.3 is 0 Å². The minimum Gasteiger partial charge on any atom is -0.491 e. The van der Waals surface area contributed by atoms with Gasteiger partial charge < -0.3 is 49.3 Å². The number of carbonyl (C=O) groups excluding carboxylic acids is 2. The van der Waals surface area contributed by atoms with Crippen LogP contribution in [0.1, 0.15) is 86.3 Å². The van der Waals surface area contributed by atoms with Crippen molar-refractivity contribution < 1.29 is 37.3 Å². The Morgan fingerprint density at radius 2 is 0.912 bits per heavy atom. The molecule has 0 spiro atoms. The lowest BCUT2D eigenvalue weighted by atomic mass is 9.91. The predicted octanol–water partition coefficient (Wildman–Crippen LogP) is 6.25. The van der Waals surface area contributed by atoms with Crippen molar-refractivity contribution in [2.24, 2.45) is 0 Å². The first-order valence-electron chi connectivity index (χ1n) is 32.4. The van der Waals surface area contributed by atoms with Gasteiger partial charge in [-0.05, 0) is 103 Å². The van der Waals surface area contributed by atoms with Crippen molar-refractivity contribution in [1.82, 2.24) is 40.2 Å². The summed E-state index contributed by atoms with van der Waals surface area (Å²) >= 11 is 0. The highest BCUT2D eigenvalue weighted by atomic mass is 19.1. The van der Waals surface area contributed by atoms with E-state index >= 15 is 0 Å². The zero-order valence-electron chi connectivity index (χ0n) is 53.4. The molecule has 4 aromatic carbocycles. The van der Waals surface area contributed by atoms with Gasteiger partial charge in [-0.25, -0.2) is 8.78 Å². The number of ether oxygens (including phenoxy) is 4. The molecule has 6 atom stereocenters. The monoisotopic (exact) mass is 1250 g/mol. The van der Waals surface area contributed by atoms with Crippen molar-refractivity contribution in [3.8, 4) is 11.5 Å². The van der Waals surface area contributed by atoms with E-state index in [-0.39, 0.29) is 84.0 Å². The van der Waals surface area contributed by atoms with Crippen LogP contribution >= 0.6 is 0 Å². The van der Waals surface area contributed by atoms with E-state index in [1.54, 1.807) is 24.3 Å². The van der Waals surface area contributed by atoms with E-state index in [0.29, 0.717) is 76.6 Å². The summed E-state index contributed by atoms with van der Waals surface area (Å²) in [6, 6.07) is 33.2. The summed E-state index contributed by atoms with van der Waals surface area (Å²) in [5, 5.41) is 7.29. The Kier molecular flexibility index (Phi) is 19.4. The molecule has 0 bridgehead atoms. The van der Waals surface area contributed by atoms with Crippen LogP contribution < -0.4 is 41.0 Å². The fourth-order valence-electron chi connectivity index (χ4n) is 14.1. The first-order chi connectivity index (χ1) is 43.7. The molecule has 2 amide bonds. The zero-order valence-corrected chi connectivity index (χ0v) is 53.4. The average molecular weight is 1250 g/mol. The van der Waals surface area contributed by atoms with E-state index in [2.05, 4.69) is 106 Å². The van der Waals surface area contributed by atoms with Gasteiger partial charge in [0, 0.05) is 149 Å². The molecule has 0 saturated carbocycles. The van der Waals surface area contributed by atoms with Crippen molar-refractivity contribution >= 4 is 23.2 Å². The van der Waals surface area contributed by atoms with Crippen LogP contribution in [0.3, 0.4) is 0 Å². The predicted molar refractivity (Wildman–Crippen MR) is 348 cm³/mol. The number of hydrogen-bond acceptors (Lipinski definition) is 14. The number of piperazine rings is 2. The molecule has 0 aliphatic carbocycles. The topological polar surface area (TPSA) is 180 Å². The number of hydrogen-bond donors (Lipinski definition) is 4. The maximum Gasteiger partial charge on any atom is 0.251 e. The minimum absolute atomic E-state index is 0.000653. The second kappa shape index (κ2) is 27.6. The number of carbonyl (C=O) groups is 2. The second-order valence-corrected chi connectivity index (χ2v) is 27.5. The Morgan fingerprint density at radius 1 is 0.538 bits per heavy atom. The summed E-state index contributed by atoms with van der Waals surface area (Å²) in [6.45, 7) is 23.5. The number of anilines is 2. The Hall–Kier alpha value is -7.14. The summed E-state index contributed by atoms with van der Waals surface area (Å²) in [6.07, 6.45) is 1.20. The molecule has 4 saturated heterocycles. The second-order valence-electron chi connectivity index (χ2n) is 27.5. The van der Waals surface area contributed by atoms with E-state index in [1.807, 2.05) is 46.2 Å². The Labute approximate surface area is 532 Å². The first-order valence-corrected chi connectivity index (χ1v) is 32.4. The largest absolute Gasteiger partial charge is 0.491 e. The molecule has 0 radical (unpaired) electrons. The number of morpholine rings is 2. The number of fused-ring (bicyclic) bond motifs is 2. The zero-order chi connectivity index (χ0) is 63.6. The molecule has 12 rings (SSSR count). The number of aromatic amines is 2. The summed E-state index contributed by atoms with van der Waals surface area (Å²) in [5.74, 6) is 0.910. The molecule has 8 heterocycles. The van der Waals surface area contributed by atoms with E-state index in [9.17, 15) is 28.0 Å². The number of nitrogens with zero attached hydrogens (tertiary/aromatic N) is 6. The fraction of sp³-hybridized carbons (Fsp3) is 0.493. The highest BCUT2D eigenvalue weighted by Gasteiger charge is 2.43. The summed E-state index contributed by atoms with van der Waals surface area (Å²) in [4.78, 5) is 74.7. The number of pyridine rings is 2. The molecule has 4 fully saturated rings. The lowest BCUT2D eigenvalue weighted by Gasteiger charge is -2.43. The SMILES string of the molecule is C[C@@H]1CN(CC(=O)N2CC(C)(C)c3[nH]c(=O)c(Cc4ccc(F)cc4)cc32)[C@@H](CN2CCO[C@H](COc3ccc(Cc4ccc(OC[C@@H]5CN(C[C@H]6CN[C@H](C)CN6CC(=O)N6CC(C)(C)c7[nH]c(=O)c(Cc8ccc(F)cc8)cc76)CCO5)cc4)cc3)C2)CN1. The van der Waals surface area contributed by atoms with E-state index < -0.39 is 10.8 Å². The Morgan fingerprint density at radius 3 is 1.31 bits per heavy atom. The van der Waals surface area contributed by atoms with Crippen LogP contribution in [0.15, 0.2) is 119 Å². The van der Waals surface area contributed by atoms with Crippen molar-refractivity contribution in [2.45, 2.75) is 108 Å². The molecule has 18 nitrogen and oxygen atoms in total. The fourth-order valence-corrected chi connectivity index (χ4v) is 14.1. The van der Waals surface area contributed by atoms with Gasteiger partial charge in [0.2, 0.25) is 11.8 Å². The highest BCUT2D eigenvalue weighted by Crippen LogP contribution is 2.41. The summed E-state index contributed by atoms with van der Waals surface area (Å²) in [7, 11) is 0. The van der Waals surface area contributed by atoms with Crippen molar-refractivity contribution in [3.63, 3.8) is 0 Å². The third-order valence-electron chi connectivity index (χ3n) is 19.1. The van der Waals surface area contributed by atoms with Gasteiger partial charge in [-0.1, -0.05) is 76.2 Å². The van der Waals surface area contributed by atoms with Crippen LogP contribution in [0, 0.1) is 11.6 Å². The quantitative estimate of drug-likeness (QED) is 0.0675. The van der Waals surface area contributed by atoms with E-state index in [1.165, 1.54) is 24.3 Å². The number of aromatic nitrogens is 2. The van der Waals surface area contributed by atoms with Crippen molar-refractivity contribution in [3.05, 3.63) is 186 Å². The summed E-state index contributed by atoms with van der Waals surface area (Å²) < 4.78 is 52.4. The molecule has 2 aromatic heterocycles. The van der Waals surface area contributed by atoms with Gasteiger partial charge in [0.25, 0.3) is 11.1 Å². The minimum atomic E-state index is -0.434. The molecular formula is C71H88F2N10O8. The number of nitrogens with one attached hydrogen (secondary N) is 4. The van der Waals surface area contributed by atoms with Crippen molar-refractivity contribution in [2.75, 3.05) is 128 Å². The van der Waals surface area contributed by atoms with Crippen LogP contribution in [0.2, 0.25) is 0 Å². The molecule has 6 aromatic rings. The standard InChI is InChI=1S/C71H88F2N10O8/c1-46-34-80(40-64(84)82-44-70(3,4)66-62(82)30-52(68(86)76-66)28-50-7-15-54(72)16-8-50)56(32-74-46)36-78-23-25-88-60(38-78)42-90-58-19-11-48(12-20-58)27-49-13-21-59(22-14-49)91-43-61-39-79(24-26-89-61)37-57-33-75-47(2)35-81(57)41-65(85)83-45-71(5,6)67-63(83)31-53(69(87)77-67)29-51-9-17-55(73)18-10-51/h7-22,30-31,46-47,56-57,60-61,74-75H,23-29,32-45H2,1-6H3,(H,76,86)(H,77,87)/t46-,47-,56-,57-,60+,61+/m1/s1. The van der Waals surface area contributed by atoms with Gasteiger partial charge in [0.1, 0.15) is 48.6 Å². The smallest absolute Gasteiger partial charge is 0.251 e. The Balaban J connectivity index is 0.581. The van der Waals surface area contributed by atoms with Gasteiger partial charge in [-0.15, -0.1) is 0 Å². The first kappa shape index (κ1) is 64.0. The van der Waals surface area contributed by atoms with E-state index in [0.717, 1.165) is 115 Å². The number of halogens is 2. The van der Waals surface area contributed by atoms with Crippen molar-refractivity contribution in [1.29, 1.82) is 0 Å². The van der Waals surface area contributed by atoms with Gasteiger partial charge in [-0.3, -0.25) is 38.8 Å². The molecule has 91 heavy (non-hydrogen) atoms. The maximum absolute atomic E-state index is 14.4. The van der Waals surface area contributed by atoms with Gasteiger partial charge in [-0.2, -0.15) is 0 Å². The number of benzene rings is 4. The molecule has 0 unspecified atom stereocenters. The maximum atomic E-state index is 14.4. The van der Waals surface area contributed by atoms with E-state index in [4.69, 9.17) is 18.9 Å². The number of amides is 2. The molecule has 484 valence electrons. The van der Waals surface area contributed by atoms with Crippen LogP contribution in [-0.4, -0.2) is 196 Å². The third-order valence-corrected chi connectivity index (χ3v) is 19.1. The van der Waals surface area contributed by atoms with Gasteiger partial charge in [0.05, 0.1) is 37.7 Å². The molecule has 4 N–H and O–H groups in total. The Bertz CT molecular complexity index is 3400. The molecule has 6 aliphatic heterocycles. The molecule has 20 heteroatoms. The number of H-pyrrole nitrogens is 2. The van der Waals surface area contributed by atoms with Crippen LogP contribution in [0.5, 0.6) is 11.5 Å². The lowest BCUT2D eigenvalue weighted by molar-refractivity contribution is -0.121. The normalized spacial score (nSPS) is 23.6. The summed E-state index contributed by atoms with van der Waals surface area (Å²) in [5.41, 5.74) is 6.80. The molecular weight excluding hydrogens is 1160 g/mol. The average Bonchev–Trinajstić information content (AvgIpc) is 1.64. The highest BCUT2D eigenvalue weighted by molar-refractivity contribution is 5.98. The third kappa shape index (κ3) is 15.5.